The smallest absolute Gasteiger partial charge is 0.259 e. The number of rotatable bonds is 4. The van der Waals surface area contributed by atoms with Crippen molar-refractivity contribution in [2.75, 3.05) is 29.9 Å². The third kappa shape index (κ3) is 4.02. The van der Waals surface area contributed by atoms with Gasteiger partial charge in [-0.2, -0.15) is 5.10 Å². The highest BCUT2D eigenvalue weighted by molar-refractivity contribution is 5.96. The van der Waals surface area contributed by atoms with Gasteiger partial charge in [-0.25, -0.2) is 4.98 Å². The molecule has 0 unspecified atom stereocenters. The molecule has 1 aliphatic rings. The van der Waals surface area contributed by atoms with Crippen LogP contribution in [0.2, 0.25) is 0 Å². The summed E-state index contributed by atoms with van der Waals surface area (Å²) in [6.45, 7) is 6.69. The van der Waals surface area contributed by atoms with Crippen LogP contribution in [0.5, 0.6) is 0 Å². The number of pyridine rings is 2. The van der Waals surface area contributed by atoms with E-state index in [1.165, 1.54) is 5.69 Å². The number of fused-ring (bicyclic) bond motifs is 2. The van der Waals surface area contributed by atoms with Gasteiger partial charge in [0.05, 0.1) is 35.5 Å². The Labute approximate surface area is 202 Å². The molecular weight excluding hydrogens is 440 g/mol. The van der Waals surface area contributed by atoms with E-state index in [-0.39, 0.29) is 11.7 Å². The van der Waals surface area contributed by atoms with Crippen molar-refractivity contribution in [3.63, 3.8) is 0 Å². The normalized spacial score (nSPS) is 16.2. The molecule has 1 atom stereocenters. The number of aromatic nitrogens is 4. The summed E-state index contributed by atoms with van der Waals surface area (Å²) in [5, 5.41) is 12.9. The summed E-state index contributed by atoms with van der Waals surface area (Å²) in [5.74, 6) is 0.524. The average molecular weight is 467 g/mol. The Morgan fingerprint density at radius 2 is 2.03 bits per heavy atom. The van der Waals surface area contributed by atoms with E-state index in [2.05, 4.69) is 51.4 Å². The van der Waals surface area contributed by atoms with Crippen LogP contribution < -0.4 is 15.8 Å². The Bertz CT molecular complexity index is 1600. The molecule has 3 N–H and O–H groups in total. The average Bonchev–Trinajstić information content (AvgIpc) is 3.32. The second-order valence-corrected chi connectivity index (χ2v) is 9.05. The van der Waals surface area contributed by atoms with E-state index in [0.29, 0.717) is 11.2 Å². The van der Waals surface area contributed by atoms with Gasteiger partial charge in [0, 0.05) is 41.6 Å². The van der Waals surface area contributed by atoms with Crippen molar-refractivity contribution in [2.45, 2.75) is 20.0 Å². The molecule has 176 valence electrons. The molecule has 4 heterocycles. The summed E-state index contributed by atoms with van der Waals surface area (Å²) in [7, 11) is 0. The maximum Gasteiger partial charge on any atom is 0.259 e. The van der Waals surface area contributed by atoms with Crippen molar-refractivity contribution in [3.8, 4) is 11.3 Å². The second kappa shape index (κ2) is 8.56. The topological polar surface area (TPSA) is 98.9 Å². The highest BCUT2D eigenvalue weighted by atomic mass is 16.5. The van der Waals surface area contributed by atoms with Crippen molar-refractivity contribution in [2.24, 2.45) is 0 Å². The lowest BCUT2D eigenvalue weighted by Crippen LogP contribution is -2.41. The van der Waals surface area contributed by atoms with Crippen molar-refractivity contribution in [1.29, 1.82) is 0 Å². The minimum atomic E-state index is -0.177. The van der Waals surface area contributed by atoms with E-state index in [9.17, 15) is 4.79 Å². The highest BCUT2D eigenvalue weighted by Crippen LogP contribution is 2.31. The van der Waals surface area contributed by atoms with Crippen LogP contribution >= 0.6 is 0 Å². The maximum atomic E-state index is 12.8. The molecule has 0 radical (unpaired) electrons. The zero-order chi connectivity index (χ0) is 23.9. The second-order valence-electron chi connectivity index (χ2n) is 9.05. The SMILES string of the molecule is Cc1cc(Nc2nc(-c3ccc4cn[nH]c4c3)cc3cc[nH]c(=O)c23)ccc1N1CCO[C@H](C)C1. The third-order valence-corrected chi connectivity index (χ3v) is 6.53. The number of aromatic amines is 2. The predicted molar refractivity (Wildman–Crippen MR) is 140 cm³/mol. The van der Waals surface area contributed by atoms with Crippen molar-refractivity contribution in [3.05, 3.63) is 76.8 Å². The Morgan fingerprint density at radius 1 is 1.11 bits per heavy atom. The van der Waals surface area contributed by atoms with E-state index >= 15 is 0 Å². The lowest BCUT2D eigenvalue weighted by atomic mass is 10.1. The first-order valence-electron chi connectivity index (χ1n) is 11.8. The molecule has 1 aliphatic heterocycles. The molecule has 0 spiro atoms. The first-order chi connectivity index (χ1) is 17.0. The number of anilines is 3. The van der Waals surface area contributed by atoms with Crippen LogP contribution in [0.15, 0.2) is 65.7 Å². The molecule has 3 aromatic heterocycles. The molecule has 0 bridgehead atoms. The van der Waals surface area contributed by atoms with Gasteiger partial charge in [0.25, 0.3) is 5.56 Å². The minimum Gasteiger partial charge on any atom is -0.375 e. The lowest BCUT2D eigenvalue weighted by Gasteiger charge is -2.34. The molecule has 8 heteroatoms. The largest absolute Gasteiger partial charge is 0.375 e. The molecular formula is C27H26N6O2. The third-order valence-electron chi connectivity index (χ3n) is 6.53. The number of nitrogens with zero attached hydrogens (tertiary/aromatic N) is 3. The van der Waals surface area contributed by atoms with E-state index in [0.717, 1.165) is 58.5 Å². The Morgan fingerprint density at radius 3 is 2.89 bits per heavy atom. The van der Waals surface area contributed by atoms with Gasteiger partial charge in [-0.3, -0.25) is 9.89 Å². The van der Waals surface area contributed by atoms with Gasteiger partial charge in [0.15, 0.2) is 0 Å². The molecule has 1 saturated heterocycles. The van der Waals surface area contributed by atoms with Crippen LogP contribution in [-0.2, 0) is 4.74 Å². The van der Waals surface area contributed by atoms with Crippen molar-refractivity contribution < 1.29 is 4.74 Å². The Balaban J connectivity index is 1.40. The zero-order valence-electron chi connectivity index (χ0n) is 19.6. The highest BCUT2D eigenvalue weighted by Gasteiger charge is 2.19. The number of hydrogen-bond acceptors (Lipinski definition) is 6. The maximum absolute atomic E-state index is 12.8. The number of morpholine rings is 1. The number of benzene rings is 2. The van der Waals surface area contributed by atoms with Gasteiger partial charge in [0.2, 0.25) is 0 Å². The fraction of sp³-hybridized carbons (Fsp3) is 0.222. The van der Waals surface area contributed by atoms with Crippen molar-refractivity contribution in [1.82, 2.24) is 20.2 Å². The Kier molecular flexibility index (Phi) is 5.22. The number of hydrogen-bond donors (Lipinski definition) is 3. The molecule has 0 amide bonds. The molecule has 0 saturated carbocycles. The van der Waals surface area contributed by atoms with Crippen LogP contribution in [0.3, 0.4) is 0 Å². The fourth-order valence-electron chi connectivity index (χ4n) is 4.81. The molecule has 6 rings (SSSR count). The number of ether oxygens (including phenoxy) is 1. The molecule has 8 nitrogen and oxygen atoms in total. The van der Waals surface area contributed by atoms with Gasteiger partial charge in [-0.05, 0) is 61.2 Å². The predicted octanol–water partition coefficient (Wildman–Crippen LogP) is 4.74. The van der Waals surface area contributed by atoms with Crippen LogP contribution in [0, 0.1) is 6.92 Å². The Hall–Kier alpha value is -4.17. The number of H-pyrrole nitrogens is 2. The minimum absolute atomic E-state index is 0.177. The van der Waals surface area contributed by atoms with Gasteiger partial charge in [-0.1, -0.05) is 12.1 Å². The molecule has 2 aromatic carbocycles. The van der Waals surface area contributed by atoms with Crippen LogP contribution in [0.25, 0.3) is 32.9 Å². The van der Waals surface area contributed by atoms with Gasteiger partial charge < -0.3 is 19.9 Å². The monoisotopic (exact) mass is 466 g/mol. The van der Waals surface area contributed by atoms with Crippen molar-refractivity contribution >= 4 is 38.9 Å². The quantitative estimate of drug-likeness (QED) is 0.354. The standard InChI is InChI=1S/C27H26N6O2/c1-16-11-21(5-6-24(16)33-9-10-35-17(2)15-33)30-26-25-19(7-8-28-27(25)34)13-22(31-26)18-3-4-20-14-29-32-23(20)12-18/h3-8,11-14,17H,9-10,15H2,1-2H3,(H,28,34)(H,29,32)(H,30,31)/t17-/m1/s1. The molecule has 0 aliphatic carbocycles. The zero-order valence-corrected chi connectivity index (χ0v) is 19.6. The first-order valence-corrected chi connectivity index (χ1v) is 11.8. The van der Waals surface area contributed by atoms with Crippen LogP contribution in [0.4, 0.5) is 17.2 Å². The van der Waals surface area contributed by atoms with Crippen LogP contribution in [-0.4, -0.2) is 46.0 Å². The first kappa shape index (κ1) is 21.4. The lowest BCUT2D eigenvalue weighted by molar-refractivity contribution is 0.0532. The molecule has 35 heavy (non-hydrogen) atoms. The summed E-state index contributed by atoms with van der Waals surface area (Å²) in [5.41, 5.74) is 5.71. The molecule has 5 aromatic rings. The van der Waals surface area contributed by atoms with Gasteiger partial charge in [0.1, 0.15) is 5.82 Å². The van der Waals surface area contributed by atoms with E-state index in [1.807, 2.05) is 36.4 Å². The van der Waals surface area contributed by atoms with Crippen LogP contribution in [0.1, 0.15) is 12.5 Å². The fourth-order valence-corrected chi connectivity index (χ4v) is 4.81. The summed E-state index contributed by atoms with van der Waals surface area (Å²) in [6.07, 6.45) is 3.67. The summed E-state index contributed by atoms with van der Waals surface area (Å²) in [4.78, 5) is 22.8. The van der Waals surface area contributed by atoms with Gasteiger partial charge in [-0.15, -0.1) is 0 Å². The summed E-state index contributed by atoms with van der Waals surface area (Å²) in [6, 6.07) is 16.2. The summed E-state index contributed by atoms with van der Waals surface area (Å²) < 4.78 is 5.69. The number of nitrogens with one attached hydrogen (secondary N) is 3. The van der Waals surface area contributed by atoms with E-state index in [1.54, 1.807) is 12.4 Å². The van der Waals surface area contributed by atoms with E-state index in [4.69, 9.17) is 9.72 Å². The van der Waals surface area contributed by atoms with Gasteiger partial charge >= 0.3 is 0 Å². The van der Waals surface area contributed by atoms with E-state index < -0.39 is 0 Å². The molecule has 1 fully saturated rings. The number of aryl methyl sites for hydroxylation is 1. The summed E-state index contributed by atoms with van der Waals surface area (Å²) >= 11 is 0.